The van der Waals surface area contributed by atoms with Crippen molar-refractivity contribution in [2.24, 2.45) is 17.8 Å². The highest BCUT2D eigenvalue weighted by Gasteiger charge is 2.35. The smallest absolute Gasteiger partial charge is 0.0406 e. The summed E-state index contributed by atoms with van der Waals surface area (Å²) in [5.41, 5.74) is 4.10. The molecule has 2 aromatic carbocycles. The van der Waals surface area contributed by atoms with Crippen LogP contribution in [-0.2, 0) is 0 Å². The predicted octanol–water partition coefficient (Wildman–Crippen LogP) is 8.89. The molecule has 0 radical (unpaired) electrons. The molecule has 4 atom stereocenters. The van der Waals surface area contributed by atoms with Crippen molar-refractivity contribution in [3.05, 3.63) is 59.1 Å². The fraction of sp³-hybridized carbons (Fsp3) is 0.556. The average molecular weight is 395 g/mol. The van der Waals surface area contributed by atoms with E-state index in [2.05, 4.69) is 43.3 Å². The van der Waals surface area contributed by atoms with Crippen LogP contribution in [0.3, 0.4) is 0 Å². The highest BCUT2D eigenvalue weighted by Crippen LogP contribution is 2.48. The molecule has 4 rings (SSSR count). The van der Waals surface area contributed by atoms with Gasteiger partial charge in [-0.15, -0.1) is 0 Å². The van der Waals surface area contributed by atoms with Crippen LogP contribution in [0.1, 0.15) is 82.6 Å². The fourth-order valence-electron chi connectivity index (χ4n) is 5.82. The summed E-state index contributed by atoms with van der Waals surface area (Å²) >= 11 is 6.02. The van der Waals surface area contributed by atoms with E-state index in [-0.39, 0.29) is 0 Å². The van der Waals surface area contributed by atoms with Crippen LogP contribution in [0.4, 0.5) is 0 Å². The zero-order valence-corrected chi connectivity index (χ0v) is 18.1. The minimum Gasteiger partial charge on any atom is -0.0843 e. The standard InChI is InChI=1S/C27H35Cl/c1-2-3-4-5-20-6-7-26-19-25(13-12-24(26)18-20)23-10-8-21(9-11-23)22-14-16-27(28)17-15-22/h8-11,14-17,20,24-26H,2-7,12-13,18-19H2,1H3. The maximum atomic E-state index is 6.02. The number of hydrogen-bond acceptors (Lipinski definition) is 0. The molecule has 28 heavy (non-hydrogen) atoms. The molecule has 0 amide bonds. The van der Waals surface area contributed by atoms with Gasteiger partial charge >= 0.3 is 0 Å². The molecule has 1 heteroatoms. The lowest BCUT2D eigenvalue weighted by molar-refractivity contribution is 0.113. The van der Waals surface area contributed by atoms with Gasteiger partial charge in [-0.05, 0) is 84.6 Å². The Balaban J connectivity index is 1.34. The number of halogens is 1. The van der Waals surface area contributed by atoms with E-state index in [1.807, 2.05) is 12.1 Å². The van der Waals surface area contributed by atoms with Crippen LogP contribution >= 0.6 is 11.6 Å². The normalized spacial score (nSPS) is 27.4. The molecule has 2 saturated carbocycles. The molecule has 2 aromatic rings. The molecule has 0 heterocycles. The van der Waals surface area contributed by atoms with E-state index in [0.29, 0.717) is 0 Å². The zero-order valence-electron chi connectivity index (χ0n) is 17.4. The first kappa shape index (κ1) is 20.0. The second-order valence-corrected chi connectivity index (χ2v) is 9.77. The van der Waals surface area contributed by atoms with Gasteiger partial charge in [0.05, 0.1) is 0 Å². The Labute approximate surface area is 176 Å². The van der Waals surface area contributed by atoms with Crippen molar-refractivity contribution < 1.29 is 0 Å². The van der Waals surface area contributed by atoms with Crippen molar-refractivity contribution in [2.75, 3.05) is 0 Å². The highest BCUT2D eigenvalue weighted by atomic mass is 35.5. The van der Waals surface area contributed by atoms with E-state index in [1.165, 1.54) is 75.3 Å². The zero-order chi connectivity index (χ0) is 19.3. The van der Waals surface area contributed by atoms with Crippen LogP contribution in [-0.4, -0.2) is 0 Å². The van der Waals surface area contributed by atoms with Crippen LogP contribution in [0, 0.1) is 17.8 Å². The summed E-state index contributed by atoms with van der Waals surface area (Å²) in [6.45, 7) is 2.32. The van der Waals surface area contributed by atoms with Gasteiger partial charge in [0.1, 0.15) is 0 Å². The fourth-order valence-corrected chi connectivity index (χ4v) is 5.95. The molecule has 0 aliphatic heterocycles. The van der Waals surface area contributed by atoms with Gasteiger partial charge in [0.25, 0.3) is 0 Å². The lowest BCUT2D eigenvalue weighted by Gasteiger charge is -2.42. The molecule has 0 aromatic heterocycles. The third kappa shape index (κ3) is 4.82. The Morgan fingerprint density at radius 1 is 0.750 bits per heavy atom. The molecule has 0 spiro atoms. The monoisotopic (exact) mass is 394 g/mol. The Morgan fingerprint density at radius 3 is 2.11 bits per heavy atom. The number of hydrogen-bond donors (Lipinski definition) is 0. The van der Waals surface area contributed by atoms with Crippen molar-refractivity contribution in [3.8, 4) is 11.1 Å². The number of rotatable bonds is 6. The van der Waals surface area contributed by atoms with E-state index in [9.17, 15) is 0 Å². The topological polar surface area (TPSA) is 0 Å². The first-order valence-electron chi connectivity index (χ1n) is 11.6. The van der Waals surface area contributed by atoms with E-state index < -0.39 is 0 Å². The van der Waals surface area contributed by atoms with Gasteiger partial charge in [-0.2, -0.15) is 0 Å². The summed E-state index contributed by atoms with van der Waals surface area (Å²) in [4.78, 5) is 0. The predicted molar refractivity (Wildman–Crippen MR) is 122 cm³/mol. The van der Waals surface area contributed by atoms with Crippen molar-refractivity contribution in [3.63, 3.8) is 0 Å². The van der Waals surface area contributed by atoms with E-state index in [0.717, 1.165) is 28.7 Å². The largest absolute Gasteiger partial charge is 0.0843 e. The third-order valence-corrected chi connectivity index (χ3v) is 7.75. The molecular formula is C27H35Cl. The van der Waals surface area contributed by atoms with Gasteiger partial charge in [0, 0.05) is 5.02 Å². The van der Waals surface area contributed by atoms with Crippen LogP contribution in [0.5, 0.6) is 0 Å². The van der Waals surface area contributed by atoms with Crippen molar-refractivity contribution >= 4 is 11.6 Å². The minimum absolute atomic E-state index is 0.775. The molecule has 4 unspecified atom stereocenters. The first-order valence-corrected chi connectivity index (χ1v) is 12.0. The molecule has 2 fully saturated rings. The lowest BCUT2D eigenvalue weighted by atomic mass is 9.63. The minimum atomic E-state index is 0.775. The van der Waals surface area contributed by atoms with Crippen LogP contribution in [0.2, 0.25) is 5.02 Å². The maximum absolute atomic E-state index is 6.02. The number of fused-ring (bicyclic) bond motifs is 1. The first-order chi connectivity index (χ1) is 13.7. The van der Waals surface area contributed by atoms with E-state index in [1.54, 1.807) is 5.56 Å². The summed E-state index contributed by atoms with van der Waals surface area (Å²) in [5.74, 6) is 3.81. The summed E-state index contributed by atoms with van der Waals surface area (Å²) in [6.07, 6.45) is 14.5. The Bertz CT molecular complexity index is 730. The third-order valence-electron chi connectivity index (χ3n) is 7.50. The SMILES string of the molecule is CCCCCC1CCC2CC(c3ccc(-c4ccc(Cl)cc4)cc3)CCC2C1. The van der Waals surface area contributed by atoms with Gasteiger partial charge < -0.3 is 0 Å². The molecule has 2 aliphatic carbocycles. The van der Waals surface area contributed by atoms with Crippen LogP contribution < -0.4 is 0 Å². The second-order valence-electron chi connectivity index (χ2n) is 9.33. The molecule has 0 saturated heterocycles. The Hall–Kier alpha value is -1.27. The summed E-state index contributed by atoms with van der Waals surface area (Å²) < 4.78 is 0. The number of benzene rings is 2. The van der Waals surface area contributed by atoms with Gasteiger partial charge in [-0.25, -0.2) is 0 Å². The van der Waals surface area contributed by atoms with Gasteiger partial charge in [-0.1, -0.05) is 87.0 Å². The number of unbranched alkanes of at least 4 members (excludes halogenated alkanes) is 2. The molecule has 0 nitrogen and oxygen atoms in total. The molecule has 150 valence electrons. The average Bonchev–Trinajstić information content (AvgIpc) is 2.74. The van der Waals surface area contributed by atoms with Gasteiger partial charge in [0.15, 0.2) is 0 Å². The lowest BCUT2D eigenvalue weighted by Crippen LogP contribution is -2.30. The highest BCUT2D eigenvalue weighted by molar-refractivity contribution is 6.30. The van der Waals surface area contributed by atoms with E-state index in [4.69, 9.17) is 11.6 Å². The summed E-state index contributed by atoms with van der Waals surface area (Å²) in [6, 6.07) is 17.5. The quantitative estimate of drug-likeness (QED) is 0.429. The van der Waals surface area contributed by atoms with Gasteiger partial charge in [0.2, 0.25) is 0 Å². The van der Waals surface area contributed by atoms with E-state index >= 15 is 0 Å². The van der Waals surface area contributed by atoms with Crippen molar-refractivity contribution in [1.82, 2.24) is 0 Å². The van der Waals surface area contributed by atoms with Crippen molar-refractivity contribution in [2.45, 2.75) is 77.0 Å². The van der Waals surface area contributed by atoms with Crippen molar-refractivity contribution in [1.29, 1.82) is 0 Å². The Kier molecular flexibility index (Phi) is 6.78. The summed E-state index contributed by atoms with van der Waals surface area (Å²) in [5, 5.41) is 0.803. The Morgan fingerprint density at radius 2 is 1.39 bits per heavy atom. The van der Waals surface area contributed by atoms with Gasteiger partial charge in [-0.3, -0.25) is 0 Å². The molecule has 0 bridgehead atoms. The second kappa shape index (κ2) is 9.49. The van der Waals surface area contributed by atoms with Crippen LogP contribution in [0.15, 0.2) is 48.5 Å². The molecule has 0 N–H and O–H groups in total. The maximum Gasteiger partial charge on any atom is 0.0406 e. The summed E-state index contributed by atoms with van der Waals surface area (Å²) in [7, 11) is 0. The molecular weight excluding hydrogens is 360 g/mol. The molecule has 2 aliphatic rings. The van der Waals surface area contributed by atoms with Crippen LogP contribution in [0.25, 0.3) is 11.1 Å².